The molecule has 2 aliphatic rings. The van der Waals surface area contributed by atoms with Crippen molar-refractivity contribution >= 4 is 23.3 Å². The van der Waals surface area contributed by atoms with Crippen molar-refractivity contribution < 1.29 is 0 Å². The van der Waals surface area contributed by atoms with Gasteiger partial charge in [0.05, 0.1) is 24.5 Å². The van der Waals surface area contributed by atoms with Crippen molar-refractivity contribution in [1.82, 2.24) is 30.3 Å². The molecular formula is C24H28N10. The number of nitrogens with one attached hydrogen (secondary N) is 4. The van der Waals surface area contributed by atoms with Crippen LogP contribution in [0.1, 0.15) is 23.2 Å². The minimum Gasteiger partial charge on any atom is -0.399 e. The van der Waals surface area contributed by atoms with Crippen molar-refractivity contribution in [3.05, 3.63) is 52.7 Å². The van der Waals surface area contributed by atoms with Gasteiger partial charge in [0.1, 0.15) is 5.69 Å². The molecule has 2 aromatic heterocycles. The molecular weight excluding hydrogens is 428 g/mol. The number of benzene rings is 1. The van der Waals surface area contributed by atoms with Gasteiger partial charge in [-0.1, -0.05) is 6.58 Å². The summed E-state index contributed by atoms with van der Waals surface area (Å²) in [6.07, 6.45) is 2.36. The molecule has 0 unspecified atom stereocenters. The van der Waals surface area contributed by atoms with Crippen LogP contribution in [0.25, 0.3) is 28.6 Å². The lowest BCUT2D eigenvalue weighted by molar-refractivity contribution is 0.690. The van der Waals surface area contributed by atoms with Crippen LogP contribution < -0.4 is 16.4 Å². The number of hydrogen-bond acceptors (Lipinski definition) is 8. The van der Waals surface area contributed by atoms with Crippen LogP contribution in [-0.2, 0) is 7.05 Å². The summed E-state index contributed by atoms with van der Waals surface area (Å²) < 4.78 is 1.76. The third kappa shape index (κ3) is 3.92. The molecule has 0 atom stereocenters. The molecule has 4 heterocycles. The van der Waals surface area contributed by atoms with Crippen molar-refractivity contribution in [3.63, 3.8) is 0 Å². The largest absolute Gasteiger partial charge is 0.399 e. The Hall–Kier alpha value is -4.05. The second-order valence-electron chi connectivity index (χ2n) is 8.58. The van der Waals surface area contributed by atoms with Crippen LogP contribution in [0, 0.1) is 12.3 Å². The maximum atomic E-state index is 8.15. The van der Waals surface area contributed by atoms with Crippen LogP contribution in [0.4, 0.5) is 5.69 Å². The quantitative estimate of drug-likeness (QED) is 0.345. The second-order valence-corrected chi connectivity index (χ2v) is 8.58. The number of aromatic nitrogens is 5. The zero-order valence-electron chi connectivity index (χ0n) is 19.4. The van der Waals surface area contributed by atoms with E-state index in [1.54, 1.807) is 4.68 Å². The fourth-order valence-electron chi connectivity index (χ4n) is 4.49. The van der Waals surface area contributed by atoms with E-state index in [1.165, 1.54) is 17.4 Å². The average Bonchev–Trinajstić information content (AvgIpc) is 3.55. The Morgan fingerprint density at radius 2 is 2.21 bits per heavy atom. The molecule has 0 spiro atoms. The molecule has 5 rings (SSSR count). The number of nitrogens with two attached hydrogens (primary N) is 1. The highest BCUT2D eigenvalue weighted by Crippen LogP contribution is 2.31. The van der Waals surface area contributed by atoms with E-state index in [-0.39, 0.29) is 0 Å². The summed E-state index contributed by atoms with van der Waals surface area (Å²) >= 11 is 0. The van der Waals surface area contributed by atoms with E-state index in [0.717, 1.165) is 54.4 Å². The van der Waals surface area contributed by atoms with E-state index in [9.17, 15) is 0 Å². The predicted molar refractivity (Wildman–Crippen MR) is 135 cm³/mol. The first kappa shape index (κ1) is 21.8. The minimum absolute atomic E-state index is 0.429. The van der Waals surface area contributed by atoms with Crippen molar-refractivity contribution in [2.75, 3.05) is 31.5 Å². The number of anilines is 1. The van der Waals surface area contributed by atoms with Gasteiger partial charge in [0.15, 0.2) is 11.6 Å². The number of rotatable bonds is 7. The molecule has 34 heavy (non-hydrogen) atoms. The fraction of sp³-hybridized carbons (Fsp3) is 0.292. The van der Waals surface area contributed by atoms with Crippen LogP contribution in [0.15, 0.2) is 40.9 Å². The third-order valence-electron chi connectivity index (χ3n) is 6.25. The van der Waals surface area contributed by atoms with Crippen molar-refractivity contribution in [3.8, 4) is 22.9 Å². The van der Waals surface area contributed by atoms with Gasteiger partial charge in [-0.25, -0.2) is 4.98 Å². The Kier molecular flexibility index (Phi) is 5.58. The maximum Gasteiger partial charge on any atom is 0.182 e. The van der Waals surface area contributed by atoms with Gasteiger partial charge in [0.2, 0.25) is 0 Å². The summed E-state index contributed by atoms with van der Waals surface area (Å²) in [5, 5.41) is 26.9. The van der Waals surface area contributed by atoms with Gasteiger partial charge in [-0.15, -0.1) is 0 Å². The molecule has 1 aromatic carbocycles. The SMILES string of the molecule is C=C(N)c1cc(NCC2=NCC3=C2CNCC3)c(C=N)c(-c2n[nH]c(-c3cc(C)nn3C)n2)c1. The Morgan fingerprint density at radius 3 is 2.94 bits per heavy atom. The maximum absolute atomic E-state index is 8.15. The summed E-state index contributed by atoms with van der Waals surface area (Å²) in [5.74, 6) is 1.07. The van der Waals surface area contributed by atoms with E-state index < -0.39 is 0 Å². The Balaban J connectivity index is 1.50. The van der Waals surface area contributed by atoms with Gasteiger partial charge >= 0.3 is 0 Å². The lowest BCUT2D eigenvalue weighted by Gasteiger charge is -2.18. The molecule has 0 radical (unpaired) electrons. The summed E-state index contributed by atoms with van der Waals surface area (Å²) in [4.78, 5) is 9.44. The van der Waals surface area contributed by atoms with E-state index in [2.05, 4.69) is 32.5 Å². The molecule has 2 aliphatic heterocycles. The summed E-state index contributed by atoms with van der Waals surface area (Å²) in [5.41, 5.74) is 14.9. The number of hydrogen-bond donors (Lipinski definition) is 5. The number of aromatic amines is 1. The van der Waals surface area contributed by atoms with E-state index >= 15 is 0 Å². The Bertz CT molecular complexity index is 1350. The Labute approximate surface area is 197 Å². The fourth-order valence-corrected chi connectivity index (χ4v) is 4.49. The summed E-state index contributed by atoms with van der Waals surface area (Å²) in [7, 11) is 1.86. The highest BCUT2D eigenvalue weighted by Gasteiger charge is 2.23. The molecule has 0 amide bonds. The van der Waals surface area contributed by atoms with Crippen molar-refractivity contribution in [2.24, 2.45) is 17.8 Å². The van der Waals surface area contributed by atoms with Crippen LogP contribution in [0.2, 0.25) is 0 Å². The molecule has 0 saturated heterocycles. The van der Waals surface area contributed by atoms with Gasteiger partial charge in [0, 0.05) is 42.3 Å². The predicted octanol–water partition coefficient (Wildman–Crippen LogP) is 2.26. The van der Waals surface area contributed by atoms with Crippen molar-refractivity contribution in [1.29, 1.82) is 5.41 Å². The first-order valence-electron chi connectivity index (χ1n) is 11.2. The Morgan fingerprint density at radius 1 is 1.35 bits per heavy atom. The standard InChI is InChI=1S/C24H28N10/c1-13-6-22(34(3)33-13)24-30-23(31-32-24)17-7-16(14(2)26)8-20(18(17)9-25)29-12-21-19-11-27-5-4-15(19)10-28-21/h6-9,25,27,29H,2,4-5,10-12,26H2,1,3H3,(H,30,31,32). The normalized spacial score (nSPS) is 15.3. The van der Waals surface area contributed by atoms with E-state index in [0.29, 0.717) is 35.0 Å². The number of nitrogens with zero attached hydrogens (tertiary/aromatic N) is 5. The second kappa shape index (κ2) is 8.71. The highest BCUT2D eigenvalue weighted by atomic mass is 15.3. The van der Waals surface area contributed by atoms with Crippen LogP contribution in [0.3, 0.4) is 0 Å². The zero-order valence-corrected chi connectivity index (χ0v) is 19.4. The van der Waals surface area contributed by atoms with E-state index in [4.69, 9.17) is 21.1 Å². The third-order valence-corrected chi connectivity index (χ3v) is 6.25. The summed E-state index contributed by atoms with van der Waals surface area (Å²) in [6.45, 7) is 9.05. The molecule has 10 nitrogen and oxygen atoms in total. The van der Waals surface area contributed by atoms with Gasteiger partial charge in [-0.3, -0.25) is 14.8 Å². The highest BCUT2D eigenvalue weighted by molar-refractivity contribution is 6.06. The first-order valence-corrected chi connectivity index (χ1v) is 11.2. The first-order chi connectivity index (χ1) is 16.4. The smallest absolute Gasteiger partial charge is 0.182 e. The number of H-pyrrole nitrogens is 1. The zero-order chi connectivity index (χ0) is 23.8. The van der Waals surface area contributed by atoms with Crippen molar-refractivity contribution in [2.45, 2.75) is 13.3 Å². The lowest BCUT2D eigenvalue weighted by Crippen LogP contribution is -2.29. The monoisotopic (exact) mass is 456 g/mol. The number of aliphatic imine (C=N–C) groups is 1. The van der Waals surface area contributed by atoms with Crippen LogP contribution >= 0.6 is 0 Å². The molecule has 6 N–H and O–H groups in total. The molecule has 10 heteroatoms. The topological polar surface area (TPSA) is 146 Å². The molecule has 3 aromatic rings. The average molecular weight is 457 g/mol. The van der Waals surface area contributed by atoms with Crippen LogP contribution in [-0.4, -0.2) is 63.1 Å². The van der Waals surface area contributed by atoms with Gasteiger partial charge in [0.25, 0.3) is 0 Å². The summed E-state index contributed by atoms with van der Waals surface area (Å²) in [6, 6.07) is 5.72. The van der Waals surface area contributed by atoms with Gasteiger partial charge < -0.3 is 21.8 Å². The molecule has 0 aliphatic carbocycles. The molecule has 0 saturated carbocycles. The van der Waals surface area contributed by atoms with Crippen LogP contribution in [0.5, 0.6) is 0 Å². The molecule has 0 bridgehead atoms. The van der Waals surface area contributed by atoms with Gasteiger partial charge in [-0.05, 0) is 54.8 Å². The number of aryl methyl sites for hydroxylation is 2. The minimum atomic E-state index is 0.429. The van der Waals surface area contributed by atoms with Gasteiger partial charge in [-0.2, -0.15) is 10.2 Å². The molecule has 0 fully saturated rings. The lowest BCUT2D eigenvalue weighted by atomic mass is 9.98. The van der Waals surface area contributed by atoms with E-state index in [1.807, 2.05) is 32.2 Å². The molecule has 174 valence electrons.